The SMILES string of the molecule is COc1ccc(O)c([C@H]2SCC(=O)N2Cc2ccccc2)c1. The van der Waals surface area contributed by atoms with Crippen LogP contribution in [0.1, 0.15) is 16.5 Å². The smallest absolute Gasteiger partial charge is 0.234 e. The van der Waals surface area contributed by atoms with Gasteiger partial charge in [0.15, 0.2) is 0 Å². The molecule has 3 rings (SSSR count). The first-order chi connectivity index (χ1) is 10.7. The minimum atomic E-state index is -0.192. The molecule has 0 radical (unpaired) electrons. The van der Waals surface area contributed by atoms with Crippen molar-refractivity contribution in [3.8, 4) is 11.5 Å². The number of phenols is 1. The summed E-state index contributed by atoms with van der Waals surface area (Å²) in [6.07, 6.45) is 0. The number of nitrogens with zero attached hydrogens (tertiary/aromatic N) is 1. The summed E-state index contributed by atoms with van der Waals surface area (Å²) in [5.41, 5.74) is 1.79. The van der Waals surface area contributed by atoms with Gasteiger partial charge in [-0.2, -0.15) is 0 Å². The summed E-state index contributed by atoms with van der Waals surface area (Å²) in [6, 6.07) is 15.0. The summed E-state index contributed by atoms with van der Waals surface area (Å²) < 4.78 is 5.23. The molecule has 0 aliphatic carbocycles. The fourth-order valence-electron chi connectivity index (χ4n) is 2.52. The number of hydrogen-bond acceptors (Lipinski definition) is 4. The Bertz CT molecular complexity index is 675. The van der Waals surface area contributed by atoms with Crippen molar-refractivity contribution in [1.29, 1.82) is 0 Å². The zero-order valence-corrected chi connectivity index (χ0v) is 13.0. The van der Waals surface area contributed by atoms with E-state index >= 15 is 0 Å². The summed E-state index contributed by atoms with van der Waals surface area (Å²) in [5, 5.41) is 9.96. The van der Waals surface area contributed by atoms with Gasteiger partial charge >= 0.3 is 0 Å². The van der Waals surface area contributed by atoms with Crippen LogP contribution in [0.5, 0.6) is 11.5 Å². The Labute approximate surface area is 133 Å². The number of carbonyl (C=O) groups excluding carboxylic acids is 1. The lowest BCUT2D eigenvalue weighted by molar-refractivity contribution is -0.128. The van der Waals surface area contributed by atoms with Crippen molar-refractivity contribution in [3.05, 3.63) is 59.7 Å². The summed E-state index contributed by atoms with van der Waals surface area (Å²) >= 11 is 1.53. The Kier molecular flexibility index (Phi) is 4.24. The van der Waals surface area contributed by atoms with Gasteiger partial charge < -0.3 is 14.7 Å². The number of phenolic OH excluding ortho intramolecular Hbond substituents is 1. The molecule has 1 fully saturated rings. The first kappa shape index (κ1) is 14.8. The van der Waals surface area contributed by atoms with Gasteiger partial charge in [0.2, 0.25) is 5.91 Å². The largest absolute Gasteiger partial charge is 0.508 e. The van der Waals surface area contributed by atoms with Crippen molar-refractivity contribution in [2.45, 2.75) is 11.9 Å². The highest BCUT2D eigenvalue weighted by atomic mass is 32.2. The van der Waals surface area contributed by atoms with E-state index in [0.717, 1.165) is 5.56 Å². The number of carbonyl (C=O) groups is 1. The molecular weight excluding hydrogens is 298 g/mol. The average molecular weight is 315 g/mol. The highest BCUT2D eigenvalue weighted by molar-refractivity contribution is 8.00. The molecular formula is C17H17NO3S. The molecule has 1 N–H and O–H groups in total. The second kappa shape index (κ2) is 6.32. The molecule has 0 aromatic heterocycles. The zero-order chi connectivity index (χ0) is 15.5. The van der Waals surface area contributed by atoms with Gasteiger partial charge in [0, 0.05) is 12.1 Å². The number of amides is 1. The number of hydrogen-bond donors (Lipinski definition) is 1. The fraction of sp³-hybridized carbons (Fsp3) is 0.235. The van der Waals surface area contributed by atoms with E-state index in [4.69, 9.17) is 4.74 Å². The van der Waals surface area contributed by atoms with E-state index in [1.165, 1.54) is 11.8 Å². The molecule has 0 bridgehead atoms. The molecule has 0 saturated carbocycles. The van der Waals surface area contributed by atoms with Crippen LogP contribution in [-0.4, -0.2) is 28.8 Å². The van der Waals surface area contributed by atoms with E-state index in [9.17, 15) is 9.90 Å². The second-order valence-electron chi connectivity index (χ2n) is 5.10. The van der Waals surface area contributed by atoms with E-state index in [2.05, 4.69) is 0 Å². The number of methoxy groups -OCH3 is 1. The van der Waals surface area contributed by atoms with Crippen molar-refractivity contribution in [2.24, 2.45) is 0 Å². The lowest BCUT2D eigenvalue weighted by Crippen LogP contribution is -2.27. The summed E-state index contributed by atoms with van der Waals surface area (Å²) in [4.78, 5) is 14.0. The molecule has 1 aliphatic heterocycles. The molecule has 0 spiro atoms. The Morgan fingerprint density at radius 3 is 2.77 bits per heavy atom. The highest BCUT2D eigenvalue weighted by Gasteiger charge is 2.34. The predicted molar refractivity (Wildman–Crippen MR) is 86.8 cm³/mol. The van der Waals surface area contributed by atoms with Crippen LogP contribution in [0.2, 0.25) is 0 Å². The molecule has 1 saturated heterocycles. The minimum Gasteiger partial charge on any atom is -0.508 e. The lowest BCUT2D eigenvalue weighted by Gasteiger charge is -2.25. The maximum absolute atomic E-state index is 12.2. The quantitative estimate of drug-likeness (QED) is 0.941. The molecule has 22 heavy (non-hydrogen) atoms. The van der Waals surface area contributed by atoms with Gasteiger partial charge in [0.05, 0.1) is 12.9 Å². The maximum atomic E-state index is 12.2. The molecule has 0 unspecified atom stereocenters. The van der Waals surface area contributed by atoms with Gasteiger partial charge in [-0.3, -0.25) is 4.79 Å². The molecule has 1 atom stereocenters. The normalized spacial score (nSPS) is 17.8. The van der Waals surface area contributed by atoms with Gasteiger partial charge in [-0.15, -0.1) is 11.8 Å². The highest BCUT2D eigenvalue weighted by Crippen LogP contribution is 2.43. The van der Waals surface area contributed by atoms with Crippen molar-refractivity contribution >= 4 is 17.7 Å². The van der Waals surface area contributed by atoms with E-state index in [1.807, 2.05) is 30.3 Å². The van der Waals surface area contributed by atoms with Gasteiger partial charge in [-0.25, -0.2) is 0 Å². The van der Waals surface area contributed by atoms with Crippen LogP contribution >= 0.6 is 11.8 Å². The van der Waals surface area contributed by atoms with Crippen molar-refractivity contribution in [3.63, 3.8) is 0 Å². The number of ether oxygens (including phenoxy) is 1. The van der Waals surface area contributed by atoms with Crippen molar-refractivity contribution in [2.75, 3.05) is 12.9 Å². The van der Waals surface area contributed by atoms with E-state index in [-0.39, 0.29) is 17.0 Å². The molecule has 1 aliphatic rings. The number of rotatable bonds is 4. The monoisotopic (exact) mass is 315 g/mol. The Hall–Kier alpha value is -2.14. The van der Waals surface area contributed by atoms with E-state index in [0.29, 0.717) is 23.6 Å². The molecule has 2 aromatic carbocycles. The zero-order valence-electron chi connectivity index (χ0n) is 12.2. The van der Waals surface area contributed by atoms with E-state index in [1.54, 1.807) is 30.2 Å². The molecule has 4 nitrogen and oxygen atoms in total. The maximum Gasteiger partial charge on any atom is 0.234 e. The standard InChI is InChI=1S/C17H17NO3S/c1-21-13-7-8-15(19)14(9-13)17-18(16(20)11-22-17)10-12-5-3-2-4-6-12/h2-9,17,19H,10-11H2,1H3/t17-/m1/s1. The third-order valence-electron chi connectivity index (χ3n) is 3.66. The van der Waals surface area contributed by atoms with Crippen LogP contribution in [-0.2, 0) is 11.3 Å². The molecule has 1 heterocycles. The van der Waals surface area contributed by atoms with Gasteiger partial charge in [0.1, 0.15) is 16.9 Å². The van der Waals surface area contributed by atoms with Gasteiger partial charge in [0.25, 0.3) is 0 Å². The fourth-order valence-corrected chi connectivity index (χ4v) is 3.73. The second-order valence-corrected chi connectivity index (χ2v) is 6.16. The van der Waals surface area contributed by atoms with Crippen molar-refractivity contribution in [1.82, 2.24) is 4.90 Å². The molecule has 1 amide bonds. The number of aromatic hydroxyl groups is 1. The summed E-state index contributed by atoms with van der Waals surface area (Å²) in [6.45, 7) is 0.536. The Morgan fingerprint density at radius 1 is 1.27 bits per heavy atom. The van der Waals surface area contributed by atoms with Gasteiger partial charge in [-0.05, 0) is 23.8 Å². The predicted octanol–water partition coefficient (Wildman–Crippen LogP) is 3.18. The van der Waals surface area contributed by atoms with Gasteiger partial charge in [-0.1, -0.05) is 30.3 Å². The van der Waals surface area contributed by atoms with Crippen LogP contribution < -0.4 is 4.74 Å². The van der Waals surface area contributed by atoms with Crippen LogP contribution in [0.4, 0.5) is 0 Å². The number of benzene rings is 2. The topological polar surface area (TPSA) is 49.8 Å². The minimum absolute atomic E-state index is 0.0843. The Morgan fingerprint density at radius 2 is 2.05 bits per heavy atom. The van der Waals surface area contributed by atoms with Crippen LogP contribution in [0.25, 0.3) is 0 Å². The third-order valence-corrected chi connectivity index (χ3v) is 4.90. The first-order valence-electron chi connectivity index (χ1n) is 7.01. The van der Waals surface area contributed by atoms with Crippen molar-refractivity contribution < 1.29 is 14.6 Å². The van der Waals surface area contributed by atoms with Crippen LogP contribution in [0.15, 0.2) is 48.5 Å². The van der Waals surface area contributed by atoms with Crippen LogP contribution in [0, 0.1) is 0 Å². The number of thioether (sulfide) groups is 1. The van der Waals surface area contributed by atoms with E-state index < -0.39 is 0 Å². The Balaban J connectivity index is 1.90. The lowest BCUT2D eigenvalue weighted by atomic mass is 10.1. The molecule has 114 valence electrons. The average Bonchev–Trinajstić information content (AvgIpc) is 2.90. The molecule has 2 aromatic rings. The third kappa shape index (κ3) is 2.90. The molecule has 5 heteroatoms. The summed E-state index contributed by atoms with van der Waals surface area (Å²) in [5.74, 6) is 1.37. The van der Waals surface area contributed by atoms with Crippen LogP contribution in [0.3, 0.4) is 0 Å². The summed E-state index contributed by atoms with van der Waals surface area (Å²) in [7, 11) is 1.59. The first-order valence-corrected chi connectivity index (χ1v) is 8.06.